The molecule has 1 fully saturated rings. The minimum absolute atomic E-state index is 0.931. The van der Waals surface area contributed by atoms with E-state index >= 15 is 0 Å². The normalized spacial score (nSPS) is 31.4. The Morgan fingerprint density at radius 2 is 1.94 bits per heavy atom. The molecule has 1 nitrogen and oxygen atoms in total. The van der Waals surface area contributed by atoms with Crippen molar-refractivity contribution in [3.8, 4) is 0 Å². The van der Waals surface area contributed by atoms with E-state index in [0.717, 1.165) is 23.7 Å². The number of hydrogen-bond donors (Lipinski definition) is 1. The van der Waals surface area contributed by atoms with Crippen LogP contribution in [0.4, 0.5) is 0 Å². The predicted molar refractivity (Wildman–Crippen MR) is 77.2 cm³/mol. The summed E-state index contributed by atoms with van der Waals surface area (Å²) in [4.78, 5) is 0. The largest absolute Gasteiger partial charge is 0.319 e. The quantitative estimate of drug-likeness (QED) is 0.691. The second kappa shape index (κ2) is 8.13. The van der Waals surface area contributed by atoms with Crippen molar-refractivity contribution in [2.75, 3.05) is 13.6 Å². The van der Waals surface area contributed by atoms with Crippen molar-refractivity contribution in [1.29, 1.82) is 0 Å². The van der Waals surface area contributed by atoms with Gasteiger partial charge in [0.15, 0.2) is 0 Å². The number of nitrogens with one attached hydrogen (secondary N) is 1. The fourth-order valence-corrected chi connectivity index (χ4v) is 3.74. The standard InChI is InChI=1S/C16H33N/c1-5-7-13(3)10-16-11-14(6-2)8-9-15(16)12-17-4/h13-17H,5-12H2,1-4H3. The maximum atomic E-state index is 3.41. The molecule has 1 aliphatic rings. The lowest BCUT2D eigenvalue weighted by Crippen LogP contribution is -2.32. The first-order chi connectivity index (χ1) is 8.21. The summed E-state index contributed by atoms with van der Waals surface area (Å²) in [5.41, 5.74) is 0. The van der Waals surface area contributed by atoms with Crippen LogP contribution in [0.1, 0.15) is 65.7 Å². The molecule has 0 spiro atoms. The Morgan fingerprint density at radius 1 is 1.18 bits per heavy atom. The highest BCUT2D eigenvalue weighted by molar-refractivity contribution is 4.82. The summed E-state index contributed by atoms with van der Waals surface area (Å²) in [7, 11) is 2.11. The summed E-state index contributed by atoms with van der Waals surface area (Å²) < 4.78 is 0. The summed E-state index contributed by atoms with van der Waals surface area (Å²) in [5.74, 6) is 3.88. The molecule has 0 amide bonds. The van der Waals surface area contributed by atoms with E-state index in [0.29, 0.717) is 0 Å². The Labute approximate surface area is 109 Å². The molecular formula is C16H33N. The molecule has 0 bridgehead atoms. The first-order valence-corrected chi connectivity index (χ1v) is 7.85. The van der Waals surface area contributed by atoms with Gasteiger partial charge in [0.2, 0.25) is 0 Å². The highest BCUT2D eigenvalue weighted by atomic mass is 14.8. The minimum Gasteiger partial charge on any atom is -0.319 e. The van der Waals surface area contributed by atoms with Crippen molar-refractivity contribution in [3.63, 3.8) is 0 Å². The van der Waals surface area contributed by atoms with Crippen LogP contribution >= 0.6 is 0 Å². The highest BCUT2D eigenvalue weighted by Crippen LogP contribution is 2.39. The van der Waals surface area contributed by atoms with E-state index in [1.807, 2.05) is 0 Å². The Bertz CT molecular complexity index is 190. The van der Waals surface area contributed by atoms with Gasteiger partial charge in [-0.3, -0.25) is 0 Å². The molecule has 0 aromatic carbocycles. The van der Waals surface area contributed by atoms with Crippen LogP contribution in [-0.4, -0.2) is 13.6 Å². The van der Waals surface area contributed by atoms with E-state index in [-0.39, 0.29) is 0 Å². The average molecular weight is 239 g/mol. The summed E-state index contributed by atoms with van der Waals surface area (Å²) in [6.45, 7) is 8.38. The maximum Gasteiger partial charge on any atom is -0.00209 e. The Morgan fingerprint density at radius 3 is 2.53 bits per heavy atom. The Balaban J connectivity index is 2.47. The first-order valence-electron chi connectivity index (χ1n) is 7.85. The zero-order valence-corrected chi connectivity index (χ0v) is 12.5. The third kappa shape index (κ3) is 4.99. The van der Waals surface area contributed by atoms with Crippen LogP contribution in [0, 0.1) is 23.7 Å². The van der Waals surface area contributed by atoms with Crippen molar-refractivity contribution in [3.05, 3.63) is 0 Å². The van der Waals surface area contributed by atoms with Gasteiger partial charge in [0.1, 0.15) is 0 Å². The zero-order chi connectivity index (χ0) is 12.7. The lowest BCUT2D eigenvalue weighted by atomic mass is 9.70. The van der Waals surface area contributed by atoms with Crippen molar-refractivity contribution in [2.45, 2.75) is 65.7 Å². The molecule has 0 aromatic heterocycles. The second-order valence-corrected chi connectivity index (χ2v) is 6.29. The second-order valence-electron chi connectivity index (χ2n) is 6.29. The third-order valence-corrected chi connectivity index (χ3v) is 4.78. The van der Waals surface area contributed by atoms with Gasteiger partial charge in [-0.1, -0.05) is 46.5 Å². The molecule has 1 N–H and O–H groups in total. The van der Waals surface area contributed by atoms with Crippen LogP contribution in [0.15, 0.2) is 0 Å². The van der Waals surface area contributed by atoms with Gasteiger partial charge in [-0.05, 0) is 56.5 Å². The van der Waals surface area contributed by atoms with Crippen molar-refractivity contribution < 1.29 is 0 Å². The molecule has 0 saturated heterocycles. The van der Waals surface area contributed by atoms with Crippen LogP contribution in [0.2, 0.25) is 0 Å². The lowest BCUT2D eigenvalue weighted by molar-refractivity contribution is 0.147. The monoisotopic (exact) mass is 239 g/mol. The zero-order valence-electron chi connectivity index (χ0n) is 12.5. The van der Waals surface area contributed by atoms with E-state index < -0.39 is 0 Å². The van der Waals surface area contributed by atoms with Gasteiger partial charge in [0.05, 0.1) is 0 Å². The predicted octanol–water partition coefficient (Wildman–Crippen LogP) is 4.47. The fraction of sp³-hybridized carbons (Fsp3) is 1.00. The number of hydrogen-bond acceptors (Lipinski definition) is 1. The van der Waals surface area contributed by atoms with Crippen LogP contribution in [0.5, 0.6) is 0 Å². The van der Waals surface area contributed by atoms with Gasteiger partial charge in [-0.15, -0.1) is 0 Å². The molecule has 1 heteroatoms. The SMILES string of the molecule is CCCC(C)CC1CC(CC)CCC1CNC. The van der Waals surface area contributed by atoms with E-state index in [1.54, 1.807) is 0 Å². The molecule has 1 rings (SSSR count). The molecule has 0 radical (unpaired) electrons. The highest BCUT2D eigenvalue weighted by Gasteiger charge is 2.29. The first kappa shape index (κ1) is 15.0. The summed E-state index contributed by atoms with van der Waals surface area (Å²) >= 11 is 0. The van der Waals surface area contributed by atoms with E-state index in [1.165, 1.54) is 51.5 Å². The van der Waals surface area contributed by atoms with Gasteiger partial charge >= 0.3 is 0 Å². The summed E-state index contributed by atoms with van der Waals surface area (Å²) in [6.07, 6.45) is 10.1. The molecule has 4 unspecified atom stereocenters. The van der Waals surface area contributed by atoms with Gasteiger partial charge in [0, 0.05) is 0 Å². The molecular weight excluding hydrogens is 206 g/mol. The molecule has 4 atom stereocenters. The van der Waals surface area contributed by atoms with Gasteiger partial charge < -0.3 is 5.32 Å². The van der Waals surface area contributed by atoms with E-state index in [4.69, 9.17) is 0 Å². The average Bonchev–Trinajstić information content (AvgIpc) is 2.32. The molecule has 0 aromatic rings. The van der Waals surface area contributed by atoms with E-state index in [2.05, 4.69) is 33.1 Å². The van der Waals surface area contributed by atoms with E-state index in [9.17, 15) is 0 Å². The van der Waals surface area contributed by atoms with Crippen LogP contribution in [0.3, 0.4) is 0 Å². The number of rotatable bonds is 7. The van der Waals surface area contributed by atoms with Crippen molar-refractivity contribution in [2.24, 2.45) is 23.7 Å². The molecule has 0 aliphatic heterocycles. The molecule has 102 valence electrons. The topological polar surface area (TPSA) is 12.0 Å². The molecule has 17 heavy (non-hydrogen) atoms. The van der Waals surface area contributed by atoms with Gasteiger partial charge in [-0.2, -0.15) is 0 Å². The molecule has 1 aliphatic carbocycles. The molecule has 1 saturated carbocycles. The summed E-state index contributed by atoms with van der Waals surface area (Å²) in [6, 6.07) is 0. The maximum absolute atomic E-state index is 3.41. The van der Waals surface area contributed by atoms with Crippen molar-refractivity contribution in [1.82, 2.24) is 5.32 Å². The fourth-order valence-electron chi connectivity index (χ4n) is 3.74. The lowest BCUT2D eigenvalue weighted by Gasteiger charge is -2.37. The van der Waals surface area contributed by atoms with Crippen LogP contribution < -0.4 is 5.32 Å². The Kier molecular flexibility index (Phi) is 7.18. The molecule has 0 heterocycles. The smallest absolute Gasteiger partial charge is 0.00209 e. The van der Waals surface area contributed by atoms with Crippen molar-refractivity contribution >= 4 is 0 Å². The Hall–Kier alpha value is -0.0400. The summed E-state index contributed by atoms with van der Waals surface area (Å²) in [5, 5.41) is 3.41. The van der Waals surface area contributed by atoms with Crippen LogP contribution in [0.25, 0.3) is 0 Å². The van der Waals surface area contributed by atoms with Gasteiger partial charge in [0.25, 0.3) is 0 Å². The minimum atomic E-state index is 0.931. The van der Waals surface area contributed by atoms with Gasteiger partial charge in [-0.25, -0.2) is 0 Å². The van der Waals surface area contributed by atoms with Crippen LogP contribution in [-0.2, 0) is 0 Å². The third-order valence-electron chi connectivity index (χ3n) is 4.78.